The Labute approximate surface area is 287 Å². The topological polar surface area (TPSA) is 16.4 Å². The largest absolute Gasteiger partial charge is 0.456 e. The SMILES string of the molecule is Cc1ccc(-c2ccc(N(c3ccc4c(c3)C(C)(C)c3ccccc3-4)c3ccc4c(c3)oc3ccccc34)c(-c3ccc(C)cc3)c2)cc1. The molecule has 0 N–H and O–H groups in total. The van der Waals surface area contributed by atoms with Crippen LogP contribution in [0.5, 0.6) is 0 Å². The summed E-state index contributed by atoms with van der Waals surface area (Å²) in [5.74, 6) is 0. The van der Waals surface area contributed by atoms with E-state index in [1.54, 1.807) is 0 Å². The summed E-state index contributed by atoms with van der Waals surface area (Å²) >= 11 is 0. The summed E-state index contributed by atoms with van der Waals surface area (Å²) in [7, 11) is 0. The number of rotatable bonds is 5. The smallest absolute Gasteiger partial charge is 0.137 e. The molecule has 0 spiro atoms. The van der Waals surface area contributed by atoms with Crippen LogP contribution >= 0.6 is 0 Å². The van der Waals surface area contributed by atoms with Crippen molar-refractivity contribution in [3.05, 3.63) is 174 Å². The lowest BCUT2D eigenvalue weighted by atomic mass is 9.82. The number of aryl methyl sites for hydroxylation is 2. The van der Waals surface area contributed by atoms with E-state index in [9.17, 15) is 0 Å². The predicted octanol–water partition coefficient (Wildman–Crippen LogP) is 13.3. The van der Waals surface area contributed by atoms with Gasteiger partial charge in [-0.1, -0.05) is 128 Å². The van der Waals surface area contributed by atoms with Crippen molar-refractivity contribution < 1.29 is 4.42 Å². The number of para-hydroxylation sites is 1. The molecule has 8 aromatic rings. The fourth-order valence-electron chi connectivity index (χ4n) is 7.73. The molecule has 1 aliphatic rings. The van der Waals surface area contributed by atoms with Crippen molar-refractivity contribution in [2.45, 2.75) is 33.1 Å². The molecule has 0 bridgehead atoms. The van der Waals surface area contributed by atoms with Gasteiger partial charge in [-0.3, -0.25) is 0 Å². The summed E-state index contributed by atoms with van der Waals surface area (Å²) in [5, 5.41) is 2.26. The first-order chi connectivity index (χ1) is 23.8. The van der Waals surface area contributed by atoms with Crippen LogP contribution in [0.3, 0.4) is 0 Å². The highest BCUT2D eigenvalue weighted by Gasteiger charge is 2.36. The second-order valence-electron chi connectivity index (χ2n) is 14.0. The molecule has 1 heterocycles. The van der Waals surface area contributed by atoms with E-state index in [-0.39, 0.29) is 5.41 Å². The molecule has 0 saturated carbocycles. The highest BCUT2D eigenvalue weighted by molar-refractivity contribution is 6.06. The molecule has 1 aromatic heterocycles. The minimum absolute atomic E-state index is 0.120. The van der Waals surface area contributed by atoms with E-state index >= 15 is 0 Å². The molecule has 0 saturated heterocycles. The standard InChI is InChI=1S/C47H37NO/c1-30-13-17-32(18-14-30)34-21-26-44(41(27-34)33-19-15-31(2)16-20-33)48(36-23-25-40-39-10-6-8-12-45(39)49-46(40)29-36)35-22-24-38-37-9-5-7-11-42(37)47(3,4)43(38)28-35/h5-29H,1-4H3. The predicted molar refractivity (Wildman–Crippen MR) is 206 cm³/mol. The summed E-state index contributed by atoms with van der Waals surface area (Å²) in [6.45, 7) is 8.98. The summed E-state index contributed by atoms with van der Waals surface area (Å²) in [4.78, 5) is 2.42. The number of anilines is 3. The van der Waals surface area contributed by atoms with Crippen molar-refractivity contribution in [2.75, 3.05) is 4.90 Å². The Bertz CT molecular complexity index is 2530. The summed E-state index contributed by atoms with van der Waals surface area (Å²) < 4.78 is 6.45. The fraction of sp³-hybridized carbons (Fsp3) is 0.106. The molecule has 2 heteroatoms. The van der Waals surface area contributed by atoms with Gasteiger partial charge >= 0.3 is 0 Å². The number of nitrogens with zero attached hydrogens (tertiary/aromatic N) is 1. The first-order valence-electron chi connectivity index (χ1n) is 17.1. The van der Waals surface area contributed by atoms with Gasteiger partial charge in [-0.15, -0.1) is 0 Å². The van der Waals surface area contributed by atoms with E-state index in [0.29, 0.717) is 0 Å². The lowest BCUT2D eigenvalue weighted by molar-refractivity contribution is 0.660. The maximum absolute atomic E-state index is 6.45. The van der Waals surface area contributed by atoms with E-state index in [0.717, 1.165) is 39.0 Å². The summed E-state index contributed by atoms with van der Waals surface area (Å²) in [6.07, 6.45) is 0. The maximum atomic E-state index is 6.45. The Hall–Kier alpha value is -5.86. The molecular formula is C47H37NO. The number of hydrogen-bond acceptors (Lipinski definition) is 2. The zero-order valence-corrected chi connectivity index (χ0v) is 28.3. The molecule has 0 radical (unpaired) electrons. The average molecular weight is 632 g/mol. The van der Waals surface area contributed by atoms with Crippen molar-refractivity contribution in [1.82, 2.24) is 0 Å². The quantitative estimate of drug-likeness (QED) is 0.188. The summed E-state index contributed by atoms with van der Waals surface area (Å²) in [6, 6.07) is 55.4. The minimum atomic E-state index is -0.120. The van der Waals surface area contributed by atoms with E-state index in [4.69, 9.17) is 4.42 Å². The summed E-state index contributed by atoms with van der Waals surface area (Å²) in [5.41, 5.74) is 17.6. The van der Waals surface area contributed by atoms with Crippen molar-refractivity contribution in [2.24, 2.45) is 0 Å². The molecule has 0 aliphatic heterocycles. The third-order valence-corrected chi connectivity index (χ3v) is 10.4. The molecule has 0 amide bonds. The van der Waals surface area contributed by atoms with Crippen LogP contribution in [0.2, 0.25) is 0 Å². The monoisotopic (exact) mass is 631 g/mol. The van der Waals surface area contributed by atoms with Gasteiger partial charge in [0, 0.05) is 39.2 Å². The molecule has 49 heavy (non-hydrogen) atoms. The Morgan fingerprint density at radius 1 is 0.449 bits per heavy atom. The Kier molecular flexibility index (Phi) is 6.64. The molecular weight excluding hydrogens is 595 g/mol. The number of furan rings is 1. The van der Waals surface area contributed by atoms with Gasteiger partial charge in [-0.05, 0) is 95.3 Å². The lowest BCUT2D eigenvalue weighted by Gasteiger charge is -2.30. The zero-order valence-electron chi connectivity index (χ0n) is 28.3. The van der Waals surface area contributed by atoms with E-state index in [1.165, 1.54) is 55.6 Å². The number of hydrogen-bond donors (Lipinski definition) is 0. The lowest BCUT2D eigenvalue weighted by Crippen LogP contribution is -2.17. The molecule has 7 aromatic carbocycles. The van der Waals surface area contributed by atoms with Crippen LogP contribution < -0.4 is 4.90 Å². The van der Waals surface area contributed by atoms with Gasteiger partial charge in [0.1, 0.15) is 11.2 Å². The van der Waals surface area contributed by atoms with E-state index < -0.39 is 0 Å². The van der Waals surface area contributed by atoms with Gasteiger partial charge in [-0.25, -0.2) is 0 Å². The van der Waals surface area contributed by atoms with Crippen LogP contribution in [-0.2, 0) is 5.41 Å². The minimum Gasteiger partial charge on any atom is -0.456 e. The van der Waals surface area contributed by atoms with Crippen LogP contribution in [0.1, 0.15) is 36.1 Å². The van der Waals surface area contributed by atoms with Gasteiger partial charge in [0.05, 0.1) is 5.69 Å². The van der Waals surface area contributed by atoms with Gasteiger partial charge in [0.2, 0.25) is 0 Å². The van der Waals surface area contributed by atoms with E-state index in [1.807, 2.05) is 12.1 Å². The highest BCUT2D eigenvalue weighted by Crippen LogP contribution is 2.51. The molecule has 236 valence electrons. The first-order valence-corrected chi connectivity index (χ1v) is 17.1. The van der Waals surface area contributed by atoms with Crippen LogP contribution in [0.25, 0.3) is 55.3 Å². The molecule has 1 aliphatic carbocycles. The second kappa shape index (κ2) is 11.1. The first kappa shape index (κ1) is 29.3. The molecule has 2 nitrogen and oxygen atoms in total. The normalized spacial score (nSPS) is 13.1. The van der Waals surface area contributed by atoms with Crippen molar-refractivity contribution in [1.29, 1.82) is 0 Å². The van der Waals surface area contributed by atoms with Crippen molar-refractivity contribution in [3.8, 4) is 33.4 Å². The molecule has 0 unspecified atom stereocenters. The van der Waals surface area contributed by atoms with Crippen LogP contribution in [-0.4, -0.2) is 0 Å². The zero-order chi connectivity index (χ0) is 33.3. The maximum Gasteiger partial charge on any atom is 0.137 e. The average Bonchev–Trinajstić information content (AvgIpc) is 3.61. The fourth-order valence-corrected chi connectivity index (χ4v) is 7.73. The third-order valence-electron chi connectivity index (χ3n) is 10.4. The van der Waals surface area contributed by atoms with Gasteiger partial charge in [0.25, 0.3) is 0 Å². The van der Waals surface area contributed by atoms with Crippen LogP contribution in [0.4, 0.5) is 17.1 Å². The molecule has 0 atom stereocenters. The van der Waals surface area contributed by atoms with Crippen molar-refractivity contribution >= 4 is 39.0 Å². The van der Waals surface area contributed by atoms with Gasteiger partial charge < -0.3 is 9.32 Å². The van der Waals surface area contributed by atoms with Crippen molar-refractivity contribution in [3.63, 3.8) is 0 Å². The Morgan fingerprint density at radius 3 is 1.86 bits per heavy atom. The molecule has 0 fully saturated rings. The van der Waals surface area contributed by atoms with Gasteiger partial charge in [0.15, 0.2) is 0 Å². The Balaban J connectivity index is 1.30. The number of fused-ring (bicyclic) bond motifs is 6. The Morgan fingerprint density at radius 2 is 1.06 bits per heavy atom. The number of benzene rings is 7. The molecule has 9 rings (SSSR count). The third kappa shape index (κ3) is 4.78. The van der Waals surface area contributed by atoms with Gasteiger partial charge in [-0.2, -0.15) is 0 Å². The van der Waals surface area contributed by atoms with Crippen LogP contribution in [0, 0.1) is 13.8 Å². The van der Waals surface area contributed by atoms with E-state index in [2.05, 4.69) is 172 Å². The highest BCUT2D eigenvalue weighted by atomic mass is 16.3. The van der Waals surface area contributed by atoms with Crippen LogP contribution in [0.15, 0.2) is 156 Å². The second-order valence-corrected chi connectivity index (χ2v) is 14.0.